The Labute approximate surface area is 146 Å². The highest BCUT2D eigenvalue weighted by atomic mass is 16.5. The molecule has 128 valence electrons. The second kappa shape index (κ2) is 6.91. The van der Waals surface area contributed by atoms with Gasteiger partial charge in [0, 0.05) is 10.9 Å². The van der Waals surface area contributed by atoms with Gasteiger partial charge in [-0.3, -0.25) is 10.2 Å². The fourth-order valence-corrected chi connectivity index (χ4v) is 2.73. The molecule has 0 unspecified atom stereocenters. The van der Waals surface area contributed by atoms with Crippen molar-refractivity contribution in [1.29, 1.82) is 0 Å². The summed E-state index contributed by atoms with van der Waals surface area (Å²) in [5.41, 5.74) is 6.16. The minimum absolute atomic E-state index is 0.118. The molecule has 3 rings (SSSR count). The van der Waals surface area contributed by atoms with Crippen LogP contribution in [-0.4, -0.2) is 17.0 Å². The van der Waals surface area contributed by atoms with Crippen LogP contribution in [0.3, 0.4) is 0 Å². The van der Waals surface area contributed by atoms with E-state index in [4.69, 9.17) is 15.6 Å². The van der Waals surface area contributed by atoms with Gasteiger partial charge in [0.05, 0.1) is 22.9 Å². The van der Waals surface area contributed by atoms with Gasteiger partial charge in [0.1, 0.15) is 5.75 Å². The Balaban J connectivity index is 2.10. The molecule has 0 fully saturated rings. The largest absolute Gasteiger partial charge is 0.491 e. The van der Waals surface area contributed by atoms with Gasteiger partial charge in [-0.05, 0) is 63.2 Å². The number of benzene rings is 2. The predicted molar refractivity (Wildman–Crippen MR) is 99.3 cm³/mol. The first-order valence-corrected chi connectivity index (χ1v) is 8.17. The topological polar surface area (TPSA) is 77.2 Å². The van der Waals surface area contributed by atoms with Crippen LogP contribution in [-0.2, 0) is 0 Å². The fourth-order valence-electron chi connectivity index (χ4n) is 2.73. The number of carbonyl (C=O) groups is 1. The third-order valence-corrected chi connectivity index (χ3v) is 3.86. The number of carbonyl (C=O) groups excluding carboxylic acids is 1. The Kier molecular flexibility index (Phi) is 4.67. The van der Waals surface area contributed by atoms with Crippen molar-refractivity contribution >= 4 is 16.8 Å². The second-order valence-electron chi connectivity index (χ2n) is 6.24. The van der Waals surface area contributed by atoms with Crippen molar-refractivity contribution in [2.75, 3.05) is 0 Å². The van der Waals surface area contributed by atoms with Crippen LogP contribution in [0, 0.1) is 6.92 Å². The van der Waals surface area contributed by atoms with E-state index in [2.05, 4.69) is 5.43 Å². The Morgan fingerprint density at radius 1 is 1.12 bits per heavy atom. The molecule has 0 radical (unpaired) electrons. The molecule has 1 aromatic heterocycles. The summed E-state index contributed by atoms with van der Waals surface area (Å²) in [5, 5.41) is 0.784. The van der Waals surface area contributed by atoms with Gasteiger partial charge in [0.15, 0.2) is 0 Å². The number of amides is 1. The van der Waals surface area contributed by atoms with E-state index < -0.39 is 0 Å². The molecule has 3 N–H and O–H groups in total. The zero-order valence-corrected chi connectivity index (χ0v) is 14.5. The average Bonchev–Trinajstić information content (AvgIpc) is 2.60. The number of nitrogen functional groups attached to an aromatic ring is 1. The molecule has 1 heterocycles. The lowest BCUT2D eigenvalue weighted by molar-refractivity contribution is 0.0955. The number of aryl methyl sites for hydroxylation is 1. The van der Waals surface area contributed by atoms with Crippen LogP contribution in [0.15, 0.2) is 48.5 Å². The zero-order valence-electron chi connectivity index (χ0n) is 14.5. The maximum Gasteiger partial charge on any atom is 0.265 e. The molecule has 0 aliphatic carbocycles. The van der Waals surface area contributed by atoms with E-state index in [1.807, 2.05) is 63.2 Å². The van der Waals surface area contributed by atoms with Gasteiger partial charge < -0.3 is 4.74 Å². The summed E-state index contributed by atoms with van der Waals surface area (Å²) in [5.74, 6) is 5.82. The number of nitrogens with two attached hydrogens (primary N) is 1. The van der Waals surface area contributed by atoms with Crippen LogP contribution in [0.4, 0.5) is 0 Å². The first kappa shape index (κ1) is 16.9. The summed E-state index contributed by atoms with van der Waals surface area (Å²) >= 11 is 0. The number of rotatable bonds is 4. The minimum Gasteiger partial charge on any atom is -0.491 e. The van der Waals surface area contributed by atoms with Gasteiger partial charge in [0.2, 0.25) is 0 Å². The first-order chi connectivity index (χ1) is 12.0. The number of nitrogens with zero attached hydrogens (tertiary/aromatic N) is 1. The SMILES string of the molecule is Cc1ccc2nc(-c3ccc(OC(C)C)cc3)cc(C(=O)NN)c2c1. The van der Waals surface area contributed by atoms with Crippen molar-refractivity contribution in [2.24, 2.45) is 5.84 Å². The molecule has 0 bridgehead atoms. The van der Waals surface area contributed by atoms with Crippen molar-refractivity contribution in [3.63, 3.8) is 0 Å². The predicted octanol–water partition coefficient (Wildman–Crippen LogP) is 3.60. The average molecular weight is 335 g/mol. The number of hydrazine groups is 1. The summed E-state index contributed by atoms with van der Waals surface area (Å²) < 4.78 is 5.67. The molecular weight excluding hydrogens is 314 g/mol. The maximum atomic E-state index is 12.2. The molecule has 2 aromatic carbocycles. The van der Waals surface area contributed by atoms with Crippen molar-refractivity contribution in [3.8, 4) is 17.0 Å². The molecule has 3 aromatic rings. The van der Waals surface area contributed by atoms with Crippen molar-refractivity contribution in [1.82, 2.24) is 10.4 Å². The summed E-state index contributed by atoms with van der Waals surface area (Å²) in [6.07, 6.45) is 0.118. The monoisotopic (exact) mass is 335 g/mol. The summed E-state index contributed by atoms with van der Waals surface area (Å²) in [6.45, 7) is 5.95. The van der Waals surface area contributed by atoms with Crippen molar-refractivity contribution in [2.45, 2.75) is 26.9 Å². The first-order valence-electron chi connectivity index (χ1n) is 8.17. The lowest BCUT2D eigenvalue weighted by Crippen LogP contribution is -2.30. The quantitative estimate of drug-likeness (QED) is 0.434. The smallest absolute Gasteiger partial charge is 0.265 e. The number of aromatic nitrogens is 1. The fraction of sp³-hybridized carbons (Fsp3) is 0.200. The maximum absolute atomic E-state index is 12.2. The van der Waals surface area contributed by atoms with Gasteiger partial charge in [-0.15, -0.1) is 0 Å². The molecule has 0 atom stereocenters. The highest BCUT2D eigenvalue weighted by Gasteiger charge is 2.13. The van der Waals surface area contributed by atoms with Crippen LogP contribution in [0.25, 0.3) is 22.2 Å². The molecule has 0 spiro atoms. The minimum atomic E-state index is -0.334. The molecule has 0 aliphatic heterocycles. The van der Waals surface area contributed by atoms with Gasteiger partial charge >= 0.3 is 0 Å². The molecule has 25 heavy (non-hydrogen) atoms. The number of ether oxygens (including phenoxy) is 1. The summed E-state index contributed by atoms with van der Waals surface area (Å²) in [4.78, 5) is 16.9. The van der Waals surface area contributed by atoms with Crippen molar-refractivity contribution < 1.29 is 9.53 Å². The highest BCUT2D eigenvalue weighted by Crippen LogP contribution is 2.27. The van der Waals surface area contributed by atoms with Crippen molar-refractivity contribution in [3.05, 3.63) is 59.7 Å². The van der Waals surface area contributed by atoms with Crippen LogP contribution < -0.4 is 16.0 Å². The lowest BCUT2D eigenvalue weighted by Gasteiger charge is -2.12. The Bertz CT molecular complexity index is 918. The number of fused-ring (bicyclic) bond motifs is 1. The van der Waals surface area contributed by atoms with Gasteiger partial charge in [-0.25, -0.2) is 10.8 Å². The Morgan fingerprint density at radius 2 is 1.84 bits per heavy atom. The summed E-state index contributed by atoms with van der Waals surface area (Å²) in [7, 11) is 0. The van der Waals surface area contributed by atoms with E-state index in [-0.39, 0.29) is 12.0 Å². The Hall–Kier alpha value is -2.92. The molecule has 1 amide bonds. The van der Waals surface area contributed by atoms with Crippen LogP contribution in [0.2, 0.25) is 0 Å². The van der Waals surface area contributed by atoms with Crippen LogP contribution >= 0.6 is 0 Å². The molecule has 5 nitrogen and oxygen atoms in total. The van der Waals surface area contributed by atoms with Crippen LogP contribution in [0.5, 0.6) is 5.75 Å². The van der Waals surface area contributed by atoms with Gasteiger partial charge in [0.25, 0.3) is 5.91 Å². The standard InChI is InChI=1S/C20H21N3O2/c1-12(2)25-15-7-5-14(6-8-15)19-11-17(20(24)23-21)16-10-13(3)4-9-18(16)22-19/h4-12H,21H2,1-3H3,(H,23,24). The number of hydrogen-bond acceptors (Lipinski definition) is 4. The molecule has 5 heteroatoms. The molecule has 0 aliphatic rings. The van der Waals surface area contributed by atoms with E-state index in [1.54, 1.807) is 6.07 Å². The van der Waals surface area contributed by atoms with Gasteiger partial charge in [-0.2, -0.15) is 0 Å². The Morgan fingerprint density at radius 3 is 2.48 bits per heavy atom. The number of nitrogens with one attached hydrogen (secondary N) is 1. The summed E-state index contributed by atoms with van der Waals surface area (Å²) in [6, 6.07) is 15.3. The van der Waals surface area contributed by atoms with Crippen LogP contribution in [0.1, 0.15) is 29.8 Å². The van der Waals surface area contributed by atoms with E-state index in [9.17, 15) is 4.79 Å². The van der Waals surface area contributed by atoms with E-state index in [0.717, 1.165) is 27.8 Å². The highest BCUT2D eigenvalue weighted by molar-refractivity contribution is 6.07. The molecular formula is C20H21N3O2. The van der Waals surface area contributed by atoms with E-state index in [1.165, 1.54) is 0 Å². The van der Waals surface area contributed by atoms with E-state index >= 15 is 0 Å². The third kappa shape index (κ3) is 3.61. The van der Waals surface area contributed by atoms with Gasteiger partial charge in [-0.1, -0.05) is 11.6 Å². The molecule has 0 saturated carbocycles. The number of pyridine rings is 1. The normalized spacial score (nSPS) is 10.9. The van der Waals surface area contributed by atoms with E-state index in [0.29, 0.717) is 11.3 Å². The molecule has 0 saturated heterocycles. The zero-order chi connectivity index (χ0) is 18.0. The number of hydrogen-bond donors (Lipinski definition) is 2. The third-order valence-electron chi connectivity index (χ3n) is 3.86. The second-order valence-corrected chi connectivity index (χ2v) is 6.24. The lowest BCUT2D eigenvalue weighted by atomic mass is 10.0.